The lowest BCUT2D eigenvalue weighted by molar-refractivity contribution is 0.364. The number of sulfonamides is 1. The molecule has 86 valence electrons. The van der Waals surface area contributed by atoms with E-state index in [0.29, 0.717) is 5.69 Å². The fourth-order valence-corrected chi connectivity index (χ4v) is 2.64. The van der Waals surface area contributed by atoms with Gasteiger partial charge in [-0.2, -0.15) is 5.10 Å². The van der Waals surface area contributed by atoms with Crippen LogP contribution in [0, 0.1) is 6.92 Å². The van der Waals surface area contributed by atoms with E-state index in [4.69, 9.17) is 5.73 Å². The predicted molar refractivity (Wildman–Crippen MR) is 56.4 cm³/mol. The fourth-order valence-electron chi connectivity index (χ4n) is 1.23. The molecule has 0 fully saturated rings. The molecule has 1 heterocycles. The SMILES string of the molecule is Cc1c(S(=O)(=O)NN(C)C)c(N)nn1C. The lowest BCUT2D eigenvalue weighted by atomic mass is 10.5. The molecule has 3 N–H and O–H groups in total. The average Bonchev–Trinajstić information content (AvgIpc) is 2.23. The van der Waals surface area contributed by atoms with Crippen LogP contribution in [-0.4, -0.2) is 37.3 Å². The second-order valence-corrected chi connectivity index (χ2v) is 5.01. The first kappa shape index (κ1) is 12.0. The second-order valence-electron chi connectivity index (χ2n) is 3.41. The van der Waals surface area contributed by atoms with Gasteiger partial charge in [0.05, 0.1) is 5.69 Å². The normalized spacial score (nSPS) is 12.3. The Morgan fingerprint density at radius 1 is 1.47 bits per heavy atom. The van der Waals surface area contributed by atoms with Gasteiger partial charge in [-0.05, 0) is 6.92 Å². The Morgan fingerprint density at radius 3 is 2.33 bits per heavy atom. The highest BCUT2D eigenvalue weighted by atomic mass is 32.2. The summed E-state index contributed by atoms with van der Waals surface area (Å²) in [6.07, 6.45) is 0. The van der Waals surface area contributed by atoms with Crippen LogP contribution in [-0.2, 0) is 17.1 Å². The van der Waals surface area contributed by atoms with Crippen LogP contribution in [0.5, 0.6) is 0 Å². The zero-order valence-electron chi connectivity index (χ0n) is 9.14. The van der Waals surface area contributed by atoms with Gasteiger partial charge in [0.25, 0.3) is 10.0 Å². The molecule has 0 radical (unpaired) electrons. The fraction of sp³-hybridized carbons (Fsp3) is 0.571. The van der Waals surface area contributed by atoms with Gasteiger partial charge in [-0.3, -0.25) is 4.68 Å². The first-order valence-corrected chi connectivity index (χ1v) is 5.73. The Morgan fingerprint density at radius 2 is 2.00 bits per heavy atom. The lowest BCUT2D eigenvalue weighted by Crippen LogP contribution is -2.36. The Hall–Kier alpha value is -1.12. The van der Waals surface area contributed by atoms with Crippen LogP contribution in [0.3, 0.4) is 0 Å². The Balaban J connectivity index is 3.27. The van der Waals surface area contributed by atoms with Gasteiger partial charge in [-0.1, -0.05) is 0 Å². The van der Waals surface area contributed by atoms with Gasteiger partial charge in [-0.25, -0.2) is 13.4 Å². The number of aryl methyl sites for hydroxylation is 1. The molecular weight excluding hydrogens is 218 g/mol. The molecule has 0 bridgehead atoms. The van der Waals surface area contributed by atoms with Crippen molar-refractivity contribution in [2.45, 2.75) is 11.8 Å². The molecule has 0 unspecified atom stereocenters. The summed E-state index contributed by atoms with van der Waals surface area (Å²) in [6.45, 7) is 1.65. The van der Waals surface area contributed by atoms with Crippen molar-refractivity contribution in [1.82, 2.24) is 19.6 Å². The molecule has 7 nitrogen and oxygen atoms in total. The molecule has 0 aliphatic carbocycles. The van der Waals surface area contributed by atoms with Crippen LogP contribution in [0.15, 0.2) is 4.90 Å². The third-order valence-electron chi connectivity index (χ3n) is 1.88. The van der Waals surface area contributed by atoms with Crippen molar-refractivity contribution in [2.75, 3.05) is 19.8 Å². The molecule has 0 saturated carbocycles. The van der Waals surface area contributed by atoms with Crippen molar-refractivity contribution in [3.05, 3.63) is 5.69 Å². The molecule has 1 rings (SSSR count). The maximum Gasteiger partial charge on any atom is 0.258 e. The van der Waals surface area contributed by atoms with Gasteiger partial charge in [-0.15, -0.1) is 4.83 Å². The number of hydrogen-bond acceptors (Lipinski definition) is 5. The first-order chi connectivity index (χ1) is 6.75. The lowest BCUT2D eigenvalue weighted by Gasteiger charge is -2.12. The van der Waals surface area contributed by atoms with Crippen LogP contribution in [0.4, 0.5) is 5.82 Å². The van der Waals surface area contributed by atoms with Crippen LogP contribution >= 0.6 is 0 Å². The van der Waals surface area contributed by atoms with E-state index in [0.717, 1.165) is 0 Å². The quantitative estimate of drug-likeness (QED) is 0.658. The summed E-state index contributed by atoms with van der Waals surface area (Å²) < 4.78 is 25.1. The van der Waals surface area contributed by atoms with Crippen molar-refractivity contribution >= 4 is 15.8 Å². The Kier molecular flexibility index (Phi) is 3.03. The highest BCUT2D eigenvalue weighted by molar-refractivity contribution is 7.89. The molecule has 0 saturated heterocycles. The van der Waals surface area contributed by atoms with E-state index < -0.39 is 10.0 Å². The first-order valence-electron chi connectivity index (χ1n) is 4.24. The average molecular weight is 233 g/mol. The summed E-state index contributed by atoms with van der Waals surface area (Å²) in [5.41, 5.74) is 6.04. The summed E-state index contributed by atoms with van der Waals surface area (Å²) in [5.74, 6) is 0.00403. The molecule has 0 aliphatic rings. The van der Waals surface area contributed by atoms with Gasteiger partial charge in [0, 0.05) is 21.1 Å². The van der Waals surface area contributed by atoms with Crippen LogP contribution in [0.1, 0.15) is 5.69 Å². The molecule has 0 aliphatic heterocycles. The molecule has 0 spiro atoms. The number of nitrogens with two attached hydrogens (primary N) is 1. The molecule has 1 aromatic rings. The summed E-state index contributed by atoms with van der Waals surface area (Å²) in [6, 6.07) is 0. The van der Waals surface area contributed by atoms with E-state index in [1.807, 2.05) is 0 Å². The van der Waals surface area contributed by atoms with Crippen molar-refractivity contribution in [3.8, 4) is 0 Å². The number of rotatable bonds is 3. The van der Waals surface area contributed by atoms with Crippen molar-refractivity contribution in [2.24, 2.45) is 7.05 Å². The minimum atomic E-state index is -3.63. The number of anilines is 1. The van der Waals surface area contributed by atoms with E-state index in [1.54, 1.807) is 28.1 Å². The van der Waals surface area contributed by atoms with Crippen LogP contribution < -0.4 is 10.6 Å². The number of hydrazine groups is 1. The molecule has 0 atom stereocenters. The van der Waals surface area contributed by atoms with Crippen molar-refractivity contribution in [1.29, 1.82) is 0 Å². The van der Waals surface area contributed by atoms with E-state index in [-0.39, 0.29) is 10.7 Å². The van der Waals surface area contributed by atoms with Gasteiger partial charge < -0.3 is 5.73 Å². The minimum Gasteiger partial charge on any atom is -0.381 e. The third-order valence-corrected chi connectivity index (χ3v) is 3.52. The van der Waals surface area contributed by atoms with E-state index >= 15 is 0 Å². The van der Waals surface area contributed by atoms with E-state index in [2.05, 4.69) is 9.93 Å². The standard InChI is InChI=1S/C7H15N5O2S/c1-5-6(7(8)9-12(5)4)15(13,14)10-11(2)3/h10H,1-4H3,(H2,8,9). The summed E-state index contributed by atoms with van der Waals surface area (Å²) >= 11 is 0. The third kappa shape index (κ3) is 2.28. The van der Waals surface area contributed by atoms with E-state index in [1.165, 1.54) is 9.69 Å². The molecule has 15 heavy (non-hydrogen) atoms. The number of nitrogens with zero attached hydrogens (tertiary/aromatic N) is 3. The Bertz CT molecular complexity index is 462. The van der Waals surface area contributed by atoms with Crippen LogP contribution in [0.2, 0.25) is 0 Å². The zero-order valence-corrected chi connectivity index (χ0v) is 9.96. The maximum atomic E-state index is 11.8. The zero-order chi connectivity index (χ0) is 11.8. The topological polar surface area (TPSA) is 93.2 Å². The van der Waals surface area contributed by atoms with Gasteiger partial charge in [0.2, 0.25) is 0 Å². The second kappa shape index (κ2) is 3.80. The summed E-state index contributed by atoms with van der Waals surface area (Å²) in [7, 11) is 1.17. The van der Waals surface area contributed by atoms with Gasteiger partial charge in [0.15, 0.2) is 5.82 Å². The smallest absolute Gasteiger partial charge is 0.258 e. The summed E-state index contributed by atoms with van der Waals surface area (Å²) in [4.78, 5) is 2.33. The number of hydrogen-bond donors (Lipinski definition) is 2. The summed E-state index contributed by atoms with van der Waals surface area (Å²) in [5, 5.41) is 5.18. The van der Waals surface area contributed by atoms with Gasteiger partial charge >= 0.3 is 0 Å². The van der Waals surface area contributed by atoms with Gasteiger partial charge in [0.1, 0.15) is 4.90 Å². The molecular formula is C7H15N5O2S. The number of nitrogen functional groups attached to an aromatic ring is 1. The monoisotopic (exact) mass is 233 g/mol. The molecule has 1 aromatic heterocycles. The number of nitrogens with one attached hydrogen (secondary N) is 1. The Labute approximate surface area is 88.9 Å². The predicted octanol–water partition coefficient (Wildman–Crippen LogP) is -0.934. The molecule has 0 amide bonds. The number of aromatic nitrogens is 2. The van der Waals surface area contributed by atoms with Crippen molar-refractivity contribution in [3.63, 3.8) is 0 Å². The molecule has 8 heteroatoms. The van der Waals surface area contributed by atoms with Crippen LogP contribution in [0.25, 0.3) is 0 Å². The largest absolute Gasteiger partial charge is 0.381 e. The van der Waals surface area contributed by atoms with E-state index in [9.17, 15) is 8.42 Å². The minimum absolute atomic E-state index is 0.00403. The maximum absolute atomic E-state index is 11.8. The highest BCUT2D eigenvalue weighted by Gasteiger charge is 2.24. The molecule has 0 aromatic carbocycles. The van der Waals surface area contributed by atoms with Crippen molar-refractivity contribution < 1.29 is 8.42 Å². The highest BCUT2D eigenvalue weighted by Crippen LogP contribution is 2.20.